The molecule has 0 aliphatic carbocycles. The van der Waals surface area contributed by atoms with E-state index in [0.29, 0.717) is 19.3 Å². The van der Waals surface area contributed by atoms with Crippen LogP contribution in [0.5, 0.6) is 0 Å². The number of esters is 2. The molecule has 0 saturated carbocycles. The quantitative estimate of drug-likeness (QED) is 0.0308. The highest BCUT2D eigenvalue weighted by molar-refractivity contribution is 5.72. The average Bonchev–Trinajstić information content (AvgIpc) is 3.06. The van der Waals surface area contributed by atoms with Gasteiger partial charge in [-0.05, 0) is 64.2 Å². The lowest BCUT2D eigenvalue weighted by atomic mass is 10.1. The summed E-state index contributed by atoms with van der Waals surface area (Å²) in [5.41, 5.74) is 0. The molecular weight excluding hydrogens is 630 g/mol. The van der Waals surface area contributed by atoms with E-state index in [2.05, 4.69) is 62.5 Å². The number of carboxylic acids is 1. The maximum Gasteiger partial charge on any atom is 0.362 e. The summed E-state index contributed by atoms with van der Waals surface area (Å²) in [5.74, 6) is -1.51. The second-order valence-corrected chi connectivity index (χ2v) is 14.1. The molecule has 288 valence electrons. The molecule has 0 radical (unpaired) electrons. The molecule has 0 aromatic carbocycles. The summed E-state index contributed by atoms with van der Waals surface area (Å²) in [6.45, 7) is 4.53. The third kappa shape index (κ3) is 31.3. The van der Waals surface area contributed by atoms with Crippen LogP contribution < -0.4 is 0 Å². The Balaban J connectivity index is 4.43. The fourth-order valence-corrected chi connectivity index (χ4v) is 5.38. The fourth-order valence-electron chi connectivity index (χ4n) is 5.38. The molecule has 2 unspecified atom stereocenters. The lowest BCUT2D eigenvalue weighted by Gasteiger charge is -2.31. The lowest BCUT2D eigenvalue weighted by Crippen LogP contribution is -2.50. The molecular formula is C42H74NO7+. The average molecular weight is 705 g/mol. The van der Waals surface area contributed by atoms with E-state index in [1.165, 1.54) is 25.7 Å². The maximum absolute atomic E-state index is 12.7. The molecule has 0 aromatic heterocycles. The molecule has 0 amide bonds. The van der Waals surface area contributed by atoms with Crippen molar-refractivity contribution in [2.45, 2.75) is 161 Å². The second kappa shape index (κ2) is 33.4. The highest BCUT2D eigenvalue weighted by Crippen LogP contribution is 2.13. The number of hydrogen-bond acceptors (Lipinski definition) is 6. The number of ether oxygens (including phenoxy) is 3. The molecule has 1 N–H and O–H groups in total. The van der Waals surface area contributed by atoms with E-state index in [9.17, 15) is 19.5 Å². The van der Waals surface area contributed by atoms with Gasteiger partial charge in [-0.2, -0.15) is 0 Å². The Hall–Kier alpha value is -2.71. The van der Waals surface area contributed by atoms with Crippen molar-refractivity contribution in [2.75, 3.05) is 41.0 Å². The molecule has 0 saturated heterocycles. The van der Waals surface area contributed by atoms with Crippen molar-refractivity contribution in [3.63, 3.8) is 0 Å². The molecule has 0 aliphatic rings. The molecule has 2 atom stereocenters. The largest absolute Gasteiger partial charge is 0.477 e. The number of quaternary nitrogens is 1. The van der Waals surface area contributed by atoms with E-state index in [1.807, 2.05) is 21.1 Å². The third-order valence-corrected chi connectivity index (χ3v) is 8.46. The number of carboxylic acid groups (broad SMARTS) is 1. The van der Waals surface area contributed by atoms with Gasteiger partial charge in [0.2, 0.25) is 0 Å². The summed E-state index contributed by atoms with van der Waals surface area (Å²) in [6.07, 6.45) is 37.2. The highest BCUT2D eigenvalue weighted by Gasteiger charge is 2.31. The van der Waals surface area contributed by atoms with Crippen molar-refractivity contribution < 1.29 is 38.2 Å². The van der Waals surface area contributed by atoms with Crippen LogP contribution in [0.1, 0.15) is 149 Å². The minimum Gasteiger partial charge on any atom is -0.477 e. The van der Waals surface area contributed by atoms with Crippen molar-refractivity contribution >= 4 is 17.9 Å². The van der Waals surface area contributed by atoms with Crippen molar-refractivity contribution in [1.29, 1.82) is 0 Å². The minimum absolute atomic E-state index is 0.0509. The molecule has 0 spiro atoms. The van der Waals surface area contributed by atoms with Crippen LogP contribution >= 0.6 is 0 Å². The van der Waals surface area contributed by atoms with Crippen LogP contribution in [0.2, 0.25) is 0 Å². The van der Waals surface area contributed by atoms with E-state index < -0.39 is 18.1 Å². The van der Waals surface area contributed by atoms with Gasteiger partial charge in [0, 0.05) is 19.3 Å². The van der Waals surface area contributed by atoms with Gasteiger partial charge >= 0.3 is 17.9 Å². The number of rotatable bonds is 34. The van der Waals surface area contributed by atoms with Gasteiger partial charge in [0.25, 0.3) is 0 Å². The first kappa shape index (κ1) is 47.3. The van der Waals surface area contributed by atoms with Crippen LogP contribution in [-0.4, -0.2) is 80.6 Å². The molecule has 0 fully saturated rings. The molecule has 0 rings (SSSR count). The van der Waals surface area contributed by atoms with Crippen LogP contribution in [0.15, 0.2) is 48.6 Å². The molecule has 0 aromatic rings. The van der Waals surface area contributed by atoms with Gasteiger partial charge in [0.05, 0.1) is 34.4 Å². The Kier molecular flexibility index (Phi) is 31.6. The zero-order chi connectivity index (χ0) is 37.1. The normalized spacial score (nSPS) is 13.5. The zero-order valence-electron chi connectivity index (χ0n) is 32.6. The fraction of sp³-hybridized carbons (Fsp3) is 0.738. The number of unbranched alkanes of at least 4 members (excludes halogenated alkanes) is 12. The van der Waals surface area contributed by atoms with E-state index in [1.54, 1.807) is 0 Å². The molecule has 8 heteroatoms. The minimum atomic E-state index is -0.882. The highest BCUT2D eigenvalue weighted by atomic mass is 16.6. The predicted octanol–water partition coefficient (Wildman–Crippen LogP) is 10.1. The van der Waals surface area contributed by atoms with Crippen LogP contribution in [0.3, 0.4) is 0 Å². The van der Waals surface area contributed by atoms with E-state index >= 15 is 0 Å². The van der Waals surface area contributed by atoms with Crippen LogP contribution in [0, 0.1) is 0 Å². The van der Waals surface area contributed by atoms with Crippen molar-refractivity contribution in [3.05, 3.63) is 48.6 Å². The van der Waals surface area contributed by atoms with E-state index in [4.69, 9.17) is 14.2 Å². The number of carbonyl (C=O) groups excluding carboxylic acids is 2. The van der Waals surface area contributed by atoms with Gasteiger partial charge < -0.3 is 23.8 Å². The Bertz CT molecular complexity index is 964. The monoisotopic (exact) mass is 705 g/mol. The molecule has 8 nitrogen and oxygen atoms in total. The van der Waals surface area contributed by atoms with Crippen LogP contribution in [0.4, 0.5) is 0 Å². The van der Waals surface area contributed by atoms with Crippen LogP contribution in [-0.2, 0) is 28.6 Å². The van der Waals surface area contributed by atoms with Gasteiger partial charge in [-0.1, -0.05) is 114 Å². The summed E-state index contributed by atoms with van der Waals surface area (Å²) in [7, 11) is 5.50. The van der Waals surface area contributed by atoms with Crippen molar-refractivity contribution in [2.24, 2.45) is 0 Å². The van der Waals surface area contributed by atoms with Gasteiger partial charge in [-0.15, -0.1) is 0 Å². The standard InChI is InChI=1S/C42H73NO7/c1-6-8-10-12-14-16-18-19-20-21-22-23-25-27-29-31-33-41(45)50-38(36-48-35-34-39(42(46)47)43(3,4)5)37-49-40(44)32-30-28-26-24-17-15-13-11-9-7-2/h8,10,13-16,19-20,38-39H,6-7,9,11-12,17-18,21-37H2,1-5H3/p+1/b10-8+,15-13+,16-14+,20-19+. The summed E-state index contributed by atoms with van der Waals surface area (Å²) in [4.78, 5) is 36.8. The number of carbonyl (C=O) groups is 3. The summed E-state index contributed by atoms with van der Waals surface area (Å²) < 4.78 is 17.2. The first-order chi connectivity index (χ1) is 24.1. The Morgan fingerprint density at radius 1 is 0.620 bits per heavy atom. The van der Waals surface area contributed by atoms with E-state index in [-0.39, 0.29) is 36.2 Å². The summed E-state index contributed by atoms with van der Waals surface area (Å²) >= 11 is 0. The number of aliphatic carboxylic acids is 1. The maximum atomic E-state index is 12.7. The van der Waals surface area contributed by atoms with Crippen molar-refractivity contribution in [3.8, 4) is 0 Å². The molecule has 50 heavy (non-hydrogen) atoms. The van der Waals surface area contributed by atoms with Gasteiger partial charge in [-0.3, -0.25) is 9.59 Å². The lowest BCUT2D eigenvalue weighted by molar-refractivity contribution is -0.887. The van der Waals surface area contributed by atoms with Crippen LogP contribution in [0.25, 0.3) is 0 Å². The summed E-state index contributed by atoms with van der Waals surface area (Å²) in [6, 6.07) is -0.618. The van der Waals surface area contributed by atoms with Crippen molar-refractivity contribution in [1.82, 2.24) is 0 Å². The molecule has 0 heterocycles. The van der Waals surface area contributed by atoms with Gasteiger partial charge in [0.1, 0.15) is 6.61 Å². The molecule has 0 bridgehead atoms. The molecule has 0 aliphatic heterocycles. The number of nitrogens with zero attached hydrogens (tertiary/aromatic N) is 1. The first-order valence-corrected chi connectivity index (χ1v) is 19.7. The van der Waals surface area contributed by atoms with Gasteiger partial charge in [-0.25, -0.2) is 4.79 Å². The summed E-state index contributed by atoms with van der Waals surface area (Å²) in [5, 5.41) is 9.58. The Morgan fingerprint density at radius 3 is 1.68 bits per heavy atom. The smallest absolute Gasteiger partial charge is 0.362 e. The Labute approximate surface area is 306 Å². The number of allylic oxidation sites excluding steroid dienone is 8. The number of hydrogen-bond donors (Lipinski definition) is 1. The van der Waals surface area contributed by atoms with E-state index in [0.717, 1.165) is 89.9 Å². The Morgan fingerprint density at radius 2 is 1.12 bits per heavy atom. The third-order valence-electron chi connectivity index (χ3n) is 8.46. The first-order valence-electron chi connectivity index (χ1n) is 19.7. The number of likely N-dealkylation sites (N-methyl/N-ethyl adjacent to an activating group) is 1. The zero-order valence-corrected chi connectivity index (χ0v) is 32.6. The van der Waals surface area contributed by atoms with Gasteiger partial charge in [0.15, 0.2) is 12.1 Å². The SMILES string of the molecule is CC/C=C/C/C=C/C/C=C/CCCCCCCCC(=O)OC(COCCC(C(=O)O)[N+](C)(C)C)COC(=O)CCCCCC/C=C/CCCC. The predicted molar refractivity (Wildman–Crippen MR) is 206 cm³/mol. The second-order valence-electron chi connectivity index (χ2n) is 14.1. The topological polar surface area (TPSA) is 99.1 Å².